The van der Waals surface area contributed by atoms with E-state index in [0.717, 1.165) is 5.56 Å². The third-order valence-electron chi connectivity index (χ3n) is 5.02. The number of hydrogen-bond donors (Lipinski definition) is 2. The lowest BCUT2D eigenvalue weighted by Crippen LogP contribution is -2.50. The minimum atomic E-state index is -0.884. The number of ether oxygens (including phenoxy) is 2. The molecule has 0 saturated carbocycles. The third-order valence-corrected chi connectivity index (χ3v) is 5.02. The number of nitrogens with one attached hydrogen (secondary N) is 2. The van der Waals surface area contributed by atoms with E-state index in [-0.39, 0.29) is 6.61 Å². The molecule has 5 rings (SSSR count). The largest absolute Gasteiger partial charge is 0.485 e. The lowest BCUT2D eigenvalue weighted by Gasteiger charge is -2.25. The number of amides is 2. The highest BCUT2D eigenvalue weighted by Gasteiger charge is 2.27. The van der Waals surface area contributed by atoms with E-state index in [1.54, 1.807) is 48.8 Å². The van der Waals surface area contributed by atoms with Crippen LogP contribution in [0, 0.1) is 0 Å². The molecule has 2 N–H and O–H groups in total. The van der Waals surface area contributed by atoms with Crippen molar-refractivity contribution in [2.45, 2.75) is 6.10 Å². The summed E-state index contributed by atoms with van der Waals surface area (Å²) < 4.78 is 11.2. The molecule has 32 heavy (non-hydrogen) atoms. The van der Waals surface area contributed by atoms with Crippen LogP contribution in [0.3, 0.4) is 0 Å². The van der Waals surface area contributed by atoms with Crippen molar-refractivity contribution in [2.75, 3.05) is 6.61 Å². The molecule has 0 spiro atoms. The van der Waals surface area contributed by atoms with Crippen molar-refractivity contribution >= 4 is 22.7 Å². The lowest BCUT2D eigenvalue weighted by atomic mass is 10.0. The van der Waals surface area contributed by atoms with Crippen LogP contribution in [0.4, 0.5) is 0 Å². The first-order valence-corrected chi connectivity index (χ1v) is 9.98. The Labute approximate surface area is 183 Å². The van der Waals surface area contributed by atoms with Gasteiger partial charge in [-0.3, -0.25) is 25.4 Å². The molecule has 1 unspecified atom stereocenters. The van der Waals surface area contributed by atoms with E-state index in [0.29, 0.717) is 33.7 Å². The van der Waals surface area contributed by atoms with Crippen LogP contribution < -0.4 is 20.3 Å². The maximum absolute atomic E-state index is 13.0. The van der Waals surface area contributed by atoms with Crippen molar-refractivity contribution in [1.82, 2.24) is 20.8 Å². The first-order valence-electron chi connectivity index (χ1n) is 9.98. The van der Waals surface area contributed by atoms with Crippen molar-refractivity contribution in [1.29, 1.82) is 0 Å². The molecule has 2 aromatic heterocycles. The second kappa shape index (κ2) is 8.35. The number of hydrazine groups is 1. The smallest absolute Gasteiger partial charge is 0.283 e. The predicted molar refractivity (Wildman–Crippen MR) is 117 cm³/mol. The topological polar surface area (TPSA) is 102 Å². The third kappa shape index (κ3) is 3.81. The molecule has 2 aromatic carbocycles. The first-order chi connectivity index (χ1) is 15.7. The van der Waals surface area contributed by atoms with Crippen LogP contribution >= 0.6 is 0 Å². The van der Waals surface area contributed by atoms with E-state index in [9.17, 15) is 9.59 Å². The Morgan fingerprint density at radius 3 is 2.59 bits per heavy atom. The summed E-state index contributed by atoms with van der Waals surface area (Å²) in [5.41, 5.74) is 7.32. The Kier molecular flexibility index (Phi) is 5.09. The Morgan fingerprint density at radius 2 is 1.75 bits per heavy atom. The summed E-state index contributed by atoms with van der Waals surface area (Å²) in [5.74, 6) is 0.0659. The molecule has 8 heteroatoms. The Bertz CT molecular complexity index is 1310. The van der Waals surface area contributed by atoms with Gasteiger partial charge < -0.3 is 9.47 Å². The molecule has 2 amide bonds. The summed E-state index contributed by atoms with van der Waals surface area (Å²) in [6, 6.07) is 19.8. The maximum atomic E-state index is 13.0. The second-order valence-corrected chi connectivity index (χ2v) is 7.12. The van der Waals surface area contributed by atoms with E-state index < -0.39 is 17.9 Å². The van der Waals surface area contributed by atoms with Gasteiger partial charge in [0.2, 0.25) is 6.10 Å². The molecule has 0 radical (unpaired) electrons. The van der Waals surface area contributed by atoms with Gasteiger partial charge in [0, 0.05) is 23.3 Å². The van der Waals surface area contributed by atoms with Crippen molar-refractivity contribution in [2.24, 2.45) is 0 Å². The number of rotatable bonds is 3. The predicted octanol–water partition coefficient (Wildman–Crippen LogP) is 2.90. The molecule has 8 nitrogen and oxygen atoms in total. The lowest BCUT2D eigenvalue weighted by molar-refractivity contribution is -0.131. The zero-order chi connectivity index (χ0) is 21.9. The highest BCUT2D eigenvalue weighted by atomic mass is 16.6. The van der Waals surface area contributed by atoms with Gasteiger partial charge in [0.15, 0.2) is 11.5 Å². The number of hydrogen-bond acceptors (Lipinski definition) is 6. The van der Waals surface area contributed by atoms with Crippen LogP contribution in [0.5, 0.6) is 11.5 Å². The Morgan fingerprint density at radius 1 is 0.938 bits per heavy atom. The monoisotopic (exact) mass is 426 g/mol. The summed E-state index contributed by atoms with van der Waals surface area (Å²) in [7, 11) is 0. The van der Waals surface area contributed by atoms with E-state index in [1.807, 2.05) is 30.3 Å². The molecule has 0 aliphatic carbocycles. The number of fused-ring (bicyclic) bond motifs is 2. The number of benzene rings is 2. The van der Waals surface area contributed by atoms with Crippen LogP contribution in [0.15, 0.2) is 79.1 Å². The van der Waals surface area contributed by atoms with Crippen LogP contribution in [-0.2, 0) is 4.79 Å². The molecule has 1 aliphatic heterocycles. The van der Waals surface area contributed by atoms with Gasteiger partial charge in [-0.25, -0.2) is 4.98 Å². The van der Waals surface area contributed by atoms with Crippen LogP contribution in [0.25, 0.3) is 22.2 Å². The number of carbonyl (C=O) groups is 2. The van der Waals surface area contributed by atoms with Gasteiger partial charge in [0.25, 0.3) is 11.8 Å². The highest BCUT2D eigenvalue weighted by molar-refractivity contribution is 6.07. The maximum Gasteiger partial charge on any atom is 0.283 e. The zero-order valence-electron chi connectivity index (χ0n) is 16.8. The average molecular weight is 426 g/mol. The molecule has 4 aromatic rings. The minimum Gasteiger partial charge on any atom is -0.485 e. The first kappa shape index (κ1) is 19.5. The van der Waals surface area contributed by atoms with Crippen LogP contribution in [-0.4, -0.2) is 34.5 Å². The SMILES string of the molecule is O=C(NNC(=O)C1COc2ccccc2O1)c1cc(-c2cccnc2)nc2ccccc12. The molecule has 1 atom stereocenters. The minimum absolute atomic E-state index is 0.0437. The average Bonchev–Trinajstić information content (AvgIpc) is 2.86. The number of nitrogens with zero attached hydrogens (tertiary/aromatic N) is 2. The molecule has 3 heterocycles. The fourth-order valence-electron chi connectivity index (χ4n) is 3.44. The van der Waals surface area contributed by atoms with Crippen LogP contribution in [0.2, 0.25) is 0 Å². The van der Waals surface area contributed by atoms with Gasteiger partial charge >= 0.3 is 0 Å². The Hall–Kier alpha value is -4.46. The van der Waals surface area contributed by atoms with Gasteiger partial charge in [-0.05, 0) is 36.4 Å². The second-order valence-electron chi connectivity index (χ2n) is 7.12. The van der Waals surface area contributed by atoms with E-state index >= 15 is 0 Å². The van der Waals surface area contributed by atoms with Gasteiger partial charge in [-0.1, -0.05) is 30.3 Å². The van der Waals surface area contributed by atoms with Gasteiger partial charge in [-0.2, -0.15) is 0 Å². The van der Waals surface area contributed by atoms with Crippen molar-refractivity contribution in [3.8, 4) is 22.8 Å². The number of para-hydroxylation sites is 3. The van der Waals surface area contributed by atoms with Gasteiger partial charge in [0.1, 0.15) is 6.61 Å². The van der Waals surface area contributed by atoms with Crippen LogP contribution in [0.1, 0.15) is 10.4 Å². The zero-order valence-corrected chi connectivity index (χ0v) is 16.8. The van der Waals surface area contributed by atoms with Gasteiger partial charge in [0.05, 0.1) is 16.8 Å². The molecule has 0 fully saturated rings. The summed E-state index contributed by atoms with van der Waals surface area (Å²) in [4.78, 5) is 34.3. The molecular weight excluding hydrogens is 408 g/mol. The van der Waals surface area contributed by atoms with Crippen molar-refractivity contribution in [3.63, 3.8) is 0 Å². The van der Waals surface area contributed by atoms with E-state index in [1.165, 1.54) is 0 Å². The Balaban J connectivity index is 1.35. The van der Waals surface area contributed by atoms with E-state index in [2.05, 4.69) is 20.8 Å². The highest BCUT2D eigenvalue weighted by Crippen LogP contribution is 2.30. The normalized spacial score (nSPS) is 14.6. The summed E-state index contributed by atoms with van der Waals surface area (Å²) >= 11 is 0. The van der Waals surface area contributed by atoms with Crippen molar-refractivity contribution in [3.05, 3.63) is 84.7 Å². The van der Waals surface area contributed by atoms with Gasteiger partial charge in [-0.15, -0.1) is 0 Å². The molecular formula is C24H18N4O4. The van der Waals surface area contributed by atoms with E-state index in [4.69, 9.17) is 9.47 Å². The number of pyridine rings is 2. The summed E-state index contributed by atoms with van der Waals surface area (Å²) in [6.45, 7) is 0.0437. The summed E-state index contributed by atoms with van der Waals surface area (Å²) in [6.07, 6.45) is 2.47. The fourth-order valence-corrected chi connectivity index (χ4v) is 3.44. The van der Waals surface area contributed by atoms with Crippen molar-refractivity contribution < 1.29 is 19.1 Å². The molecule has 0 bridgehead atoms. The molecule has 158 valence electrons. The summed E-state index contributed by atoms with van der Waals surface area (Å²) in [5, 5.41) is 0.665. The standard InChI is InChI=1S/C24H18N4O4/c29-23(27-28-24(30)22-14-31-20-9-3-4-10-21(20)32-22)17-12-19(15-6-5-11-25-13-15)26-18-8-2-1-7-16(17)18/h1-13,22H,14H2,(H,27,29)(H,28,30). The number of carbonyl (C=O) groups excluding carboxylic acids is 2. The number of aromatic nitrogens is 2. The quantitative estimate of drug-likeness (QED) is 0.489. The molecule has 0 saturated heterocycles. The molecule has 1 aliphatic rings. The fraction of sp³-hybridized carbons (Fsp3) is 0.0833.